The van der Waals surface area contributed by atoms with Gasteiger partial charge in [0.05, 0.1) is 5.75 Å². The fourth-order valence-electron chi connectivity index (χ4n) is 1.81. The minimum absolute atomic E-state index is 0.271. The van der Waals surface area contributed by atoms with E-state index in [1.165, 1.54) is 0 Å². The van der Waals surface area contributed by atoms with Gasteiger partial charge in [-0.2, -0.15) is 13.2 Å². The van der Waals surface area contributed by atoms with Gasteiger partial charge in [0, 0.05) is 16.6 Å². The molecule has 0 saturated carbocycles. The van der Waals surface area contributed by atoms with E-state index < -0.39 is 11.9 Å². The van der Waals surface area contributed by atoms with E-state index in [2.05, 4.69) is 26.1 Å². The molecule has 108 valence electrons. The third-order valence-electron chi connectivity index (χ3n) is 2.86. The van der Waals surface area contributed by atoms with Crippen LogP contribution in [0.15, 0.2) is 29.2 Å². The molecular weight excluding hydrogens is 271 g/mol. The lowest BCUT2D eigenvalue weighted by atomic mass is 10.0. The average molecular weight is 291 g/mol. The summed E-state index contributed by atoms with van der Waals surface area (Å²) in [5.74, 6) is -0.421. The van der Waals surface area contributed by atoms with E-state index in [9.17, 15) is 13.2 Å². The maximum Gasteiger partial charge on any atom is 0.398 e. The van der Waals surface area contributed by atoms with E-state index >= 15 is 0 Å². The van der Waals surface area contributed by atoms with Gasteiger partial charge in [-0.25, -0.2) is 0 Å². The highest BCUT2D eigenvalue weighted by Gasteiger charge is 2.27. The maximum atomic E-state index is 12.3. The molecule has 1 N–H and O–H groups in total. The summed E-state index contributed by atoms with van der Waals surface area (Å²) in [6.07, 6.45) is -3.20. The number of alkyl halides is 3. The summed E-state index contributed by atoms with van der Waals surface area (Å²) in [5, 5.41) is 3.34. The summed E-state index contributed by atoms with van der Waals surface area (Å²) in [4.78, 5) is 0.652. The number of benzene rings is 1. The van der Waals surface area contributed by atoms with Gasteiger partial charge in [0.2, 0.25) is 0 Å². The summed E-state index contributed by atoms with van der Waals surface area (Å²) in [6, 6.07) is 7.44. The molecule has 0 heterocycles. The Bertz CT molecular complexity index is 391. The third kappa shape index (κ3) is 5.76. The number of thioether (sulfide) groups is 1. The zero-order valence-corrected chi connectivity index (χ0v) is 12.2. The van der Waals surface area contributed by atoms with Crippen molar-refractivity contribution < 1.29 is 13.2 Å². The monoisotopic (exact) mass is 291 g/mol. The summed E-state index contributed by atoms with van der Waals surface area (Å²) in [5.41, 5.74) is 0.789. The molecule has 0 spiro atoms. The van der Waals surface area contributed by atoms with Gasteiger partial charge in [-0.1, -0.05) is 32.9 Å². The molecule has 0 saturated heterocycles. The highest BCUT2D eigenvalue weighted by Crippen LogP contribution is 2.33. The van der Waals surface area contributed by atoms with Crippen LogP contribution in [-0.2, 0) is 0 Å². The number of halogens is 3. The fraction of sp³-hybridized carbons (Fsp3) is 0.571. The molecule has 0 aromatic heterocycles. The van der Waals surface area contributed by atoms with Crippen LogP contribution >= 0.6 is 11.8 Å². The molecule has 1 rings (SSSR count). The van der Waals surface area contributed by atoms with E-state index in [-0.39, 0.29) is 6.04 Å². The van der Waals surface area contributed by atoms with E-state index in [0.29, 0.717) is 10.8 Å². The van der Waals surface area contributed by atoms with Crippen LogP contribution in [0.5, 0.6) is 0 Å². The molecule has 0 fully saturated rings. The Labute approximate surface area is 117 Å². The molecule has 0 bridgehead atoms. The summed E-state index contributed by atoms with van der Waals surface area (Å²) in [6.45, 7) is 6.28. The normalized spacial score (nSPS) is 13.6. The van der Waals surface area contributed by atoms with Crippen LogP contribution in [-0.4, -0.2) is 18.0 Å². The first-order chi connectivity index (χ1) is 8.83. The van der Waals surface area contributed by atoms with E-state index in [1.54, 1.807) is 12.1 Å². The first kappa shape index (κ1) is 16.2. The Balaban J connectivity index is 2.78. The quantitative estimate of drug-likeness (QED) is 0.724. The molecule has 0 radical (unpaired) electrons. The molecule has 1 unspecified atom stereocenters. The van der Waals surface area contributed by atoms with Crippen molar-refractivity contribution in [2.45, 2.75) is 44.3 Å². The Morgan fingerprint density at radius 1 is 1.21 bits per heavy atom. The minimum atomic E-state index is -4.14. The summed E-state index contributed by atoms with van der Waals surface area (Å²) < 4.78 is 36.9. The minimum Gasteiger partial charge on any atom is -0.381 e. The van der Waals surface area contributed by atoms with Crippen molar-refractivity contribution >= 4 is 17.4 Å². The Morgan fingerprint density at radius 2 is 1.84 bits per heavy atom. The molecule has 1 nitrogen and oxygen atoms in total. The molecule has 19 heavy (non-hydrogen) atoms. The van der Waals surface area contributed by atoms with Crippen molar-refractivity contribution in [1.82, 2.24) is 0 Å². The highest BCUT2D eigenvalue weighted by molar-refractivity contribution is 7.99. The smallest absolute Gasteiger partial charge is 0.381 e. The Kier molecular flexibility index (Phi) is 6.04. The zero-order chi connectivity index (χ0) is 14.5. The number of hydrogen-bond donors (Lipinski definition) is 1. The first-order valence-electron chi connectivity index (χ1n) is 6.38. The molecule has 0 aliphatic heterocycles. The van der Waals surface area contributed by atoms with Crippen LogP contribution in [0.4, 0.5) is 18.9 Å². The van der Waals surface area contributed by atoms with Crippen LogP contribution < -0.4 is 5.32 Å². The van der Waals surface area contributed by atoms with Crippen LogP contribution in [0.2, 0.25) is 0 Å². The average Bonchev–Trinajstić information content (AvgIpc) is 2.33. The number of rotatable bonds is 6. The number of para-hydroxylation sites is 1. The molecular formula is C14H20F3NS. The van der Waals surface area contributed by atoms with Gasteiger partial charge in [-0.15, -0.1) is 11.8 Å². The second kappa shape index (κ2) is 7.08. The second-order valence-electron chi connectivity index (χ2n) is 4.80. The molecule has 0 aliphatic carbocycles. The van der Waals surface area contributed by atoms with Gasteiger partial charge in [-0.3, -0.25) is 0 Å². The number of anilines is 1. The molecule has 0 aliphatic rings. The lowest BCUT2D eigenvalue weighted by molar-refractivity contribution is -0.105. The molecule has 1 atom stereocenters. The zero-order valence-electron chi connectivity index (χ0n) is 11.4. The van der Waals surface area contributed by atoms with Crippen molar-refractivity contribution in [2.75, 3.05) is 11.1 Å². The van der Waals surface area contributed by atoms with Crippen molar-refractivity contribution in [3.05, 3.63) is 24.3 Å². The van der Waals surface area contributed by atoms with Gasteiger partial charge < -0.3 is 5.32 Å². The van der Waals surface area contributed by atoms with Crippen LogP contribution in [0, 0.1) is 5.92 Å². The maximum absolute atomic E-state index is 12.3. The standard InChI is InChI=1S/C14H20F3NS/c1-4-11(10(2)3)18-12-7-5-6-8-13(12)19-9-14(15,16)17/h5-8,10-11,18H,4,9H2,1-3H3. The Hall–Kier alpha value is -0.840. The number of nitrogens with one attached hydrogen (secondary N) is 1. The first-order valence-corrected chi connectivity index (χ1v) is 7.37. The molecule has 0 amide bonds. The van der Waals surface area contributed by atoms with Crippen molar-refractivity contribution in [3.63, 3.8) is 0 Å². The van der Waals surface area contributed by atoms with Gasteiger partial charge in [-0.05, 0) is 24.5 Å². The SMILES string of the molecule is CCC(Nc1ccccc1SCC(F)(F)F)C(C)C. The van der Waals surface area contributed by atoms with E-state index in [1.807, 2.05) is 12.1 Å². The molecule has 1 aromatic rings. The predicted molar refractivity (Wildman–Crippen MR) is 75.8 cm³/mol. The summed E-state index contributed by atoms with van der Waals surface area (Å²) >= 11 is 0.831. The third-order valence-corrected chi connectivity index (χ3v) is 4.00. The molecule has 5 heteroatoms. The van der Waals surface area contributed by atoms with Gasteiger partial charge in [0.15, 0.2) is 0 Å². The lowest BCUT2D eigenvalue weighted by Gasteiger charge is -2.23. The van der Waals surface area contributed by atoms with Gasteiger partial charge >= 0.3 is 6.18 Å². The summed E-state index contributed by atoms with van der Waals surface area (Å²) in [7, 11) is 0. The van der Waals surface area contributed by atoms with Crippen LogP contribution in [0.1, 0.15) is 27.2 Å². The predicted octanol–water partition coefficient (Wildman–Crippen LogP) is 5.19. The lowest BCUT2D eigenvalue weighted by Crippen LogP contribution is -2.24. The van der Waals surface area contributed by atoms with Gasteiger partial charge in [0.1, 0.15) is 0 Å². The second-order valence-corrected chi connectivity index (χ2v) is 5.82. The van der Waals surface area contributed by atoms with Crippen molar-refractivity contribution in [1.29, 1.82) is 0 Å². The van der Waals surface area contributed by atoms with Crippen LogP contribution in [0.25, 0.3) is 0 Å². The van der Waals surface area contributed by atoms with Crippen LogP contribution in [0.3, 0.4) is 0 Å². The fourth-order valence-corrected chi connectivity index (χ4v) is 2.59. The molecule has 1 aromatic carbocycles. The van der Waals surface area contributed by atoms with E-state index in [4.69, 9.17) is 0 Å². The largest absolute Gasteiger partial charge is 0.398 e. The van der Waals surface area contributed by atoms with Crippen molar-refractivity contribution in [3.8, 4) is 0 Å². The topological polar surface area (TPSA) is 12.0 Å². The van der Waals surface area contributed by atoms with E-state index in [0.717, 1.165) is 23.9 Å². The highest BCUT2D eigenvalue weighted by atomic mass is 32.2. The number of hydrogen-bond acceptors (Lipinski definition) is 2. The van der Waals surface area contributed by atoms with Crippen molar-refractivity contribution in [2.24, 2.45) is 5.92 Å². The van der Waals surface area contributed by atoms with Gasteiger partial charge in [0.25, 0.3) is 0 Å². The Morgan fingerprint density at radius 3 is 2.37 bits per heavy atom.